The average Bonchev–Trinajstić information content (AvgIpc) is 2.05. The number of hydrogen-bond donors (Lipinski definition) is 0. The quantitative estimate of drug-likeness (QED) is 0.571. The molecule has 11 heavy (non-hydrogen) atoms. The first-order valence-corrected chi connectivity index (χ1v) is 3.59. The van der Waals surface area contributed by atoms with Crippen LogP contribution in [0.5, 0.6) is 0 Å². The van der Waals surface area contributed by atoms with Gasteiger partial charge in [0.25, 0.3) is 0 Å². The zero-order valence-electron chi connectivity index (χ0n) is 6.79. The summed E-state index contributed by atoms with van der Waals surface area (Å²) in [7, 11) is 1.65. The maximum absolute atomic E-state index is 8.61. The van der Waals surface area contributed by atoms with E-state index in [1.165, 1.54) is 0 Å². The molecule has 1 atom stereocenters. The van der Waals surface area contributed by atoms with Crippen LogP contribution in [0.1, 0.15) is 13.3 Å². The molecule has 0 fully saturated rings. The lowest BCUT2D eigenvalue weighted by atomic mass is 9.97. The molecule has 0 heterocycles. The van der Waals surface area contributed by atoms with Crippen molar-refractivity contribution in [2.75, 3.05) is 7.11 Å². The Labute approximate surface area is 66.8 Å². The molecular weight excluding hydrogens is 138 g/mol. The largest absolute Gasteiger partial charge is 0.501 e. The molecule has 1 rings (SSSR count). The van der Waals surface area contributed by atoms with Gasteiger partial charge < -0.3 is 4.74 Å². The molecule has 0 radical (unpaired) electrons. The fourth-order valence-electron chi connectivity index (χ4n) is 1.12. The summed E-state index contributed by atoms with van der Waals surface area (Å²) in [6.07, 6.45) is 4.57. The maximum Gasteiger partial charge on any atom is 0.100 e. The van der Waals surface area contributed by atoms with Gasteiger partial charge in [0.15, 0.2) is 0 Å². The van der Waals surface area contributed by atoms with Crippen LogP contribution in [-0.4, -0.2) is 7.11 Å². The number of methoxy groups -OCH3 is 1. The number of nitriles is 1. The van der Waals surface area contributed by atoms with Gasteiger partial charge in [-0.2, -0.15) is 5.26 Å². The SMILES string of the molecule is COC1=C(C)C=CC(C#N)C1. The molecule has 0 aromatic heterocycles. The van der Waals surface area contributed by atoms with E-state index in [1.54, 1.807) is 7.11 Å². The highest BCUT2D eigenvalue weighted by atomic mass is 16.5. The summed E-state index contributed by atoms with van der Waals surface area (Å²) in [6, 6.07) is 2.19. The van der Waals surface area contributed by atoms with Crippen LogP contribution in [0.15, 0.2) is 23.5 Å². The molecule has 0 N–H and O–H groups in total. The van der Waals surface area contributed by atoms with Crippen LogP contribution >= 0.6 is 0 Å². The van der Waals surface area contributed by atoms with E-state index >= 15 is 0 Å². The van der Waals surface area contributed by atoms with Gasteiger partial charge in [0, 0.05) is 6.42 Å². The van der Waals surface area contributed by atoms with E-state index in [9.17, 15) is 0 Å². The number of nitrogens with zero attached hydrogens (tertiary/aromatic N) is 1. The summed E-state index contributed by atoms with van der Waals surface area (Å²) in [4.78, 5) is 0. The zero-order chi connectivity index (χ0) is 8.27. The van der Waals surface area contributed by atoms with E-state index in [2.05, 4.69) is 6.07 Å². The van der Waals surface area contributed by atoms with Gasteiger partial charge in [0.1, 0.15) is 5.76 Å². The normalized spacial score (nSPS) is 23.2. The highest BCUT2D eigenvalue weighted by Gasteiger charge is 2.13. The Morgan fingerprint density at radius 3 is 3.00 bits per heavy atom. The van der Waals surface area contributed by atoms with Crippen molar-refractivity contribution in [3.8, 4) is 6.07 Å². The standard InChI is InChI=1S/C9H11NO/c1-7-3-4-8(6-10)5-9(7)11-2/h3-4,8H,5H2,1-2H3. The second kappa shape index (κ2) is 3.25. The summed E-state index contributed by atoms with van der Waals surface area (Å²) in [6.45, 7) is 1.99. The summed E-state index contributed by atoms with van der Waals surface area (Å²) in [5, 5.41) is 8.61. The Morgan fingerprint density at radius 1 is 1.73 bits per heavy atom. The molecule has 0 saturated carbocycles. The molecule has 0 spiro atoms. The van der Waals surface area contributed by atoms with Gasteiger partial charge in [0.05, 0.1) is 19.1 Å². The van der Waals surface area contributed by atoms with Crippen LogP contribution in [0.2, 0.25) is 0 Å². The van der Waals surface area contributed by atoms with Crippen LogP contribution in [-0.2, 0) is 4.74 Å². The fraction of sp³-hybridized carbons (Fsp3) is 0.444. The second-order valence-electron chi connectivity index (χ2n) is 2.61. The number of hydrogen-bond acceptors (Lipinski definition) is 2. The van der Waals surface area contributed by atoms with Gasteiger partial charge in [-0.3, -0.25) is 0 Å². The van der Waals surface area contributed by atoms with Crippen molar-refractivity contribution in [3.63, 3.8) is 0 Å². The first-order valence-electron chi connectivity index (χ1n) is 3.59. The maximum atomic E-state index is 8.61. The van der Waals surface area contributed by atoms with E-state index < -0.39 is 0 Å². The van der Waals surface area contributed by atoms with Crippen molar-refractivity contribution in [3.05, 3.63) is 23.5 Å². The molecule has 0 aromatic carbocycles. The van der Waals surface area contributed by atoms with Crippen LogP contribution in [0.4, 0.5) is 0 Å². The summed E-state index contributed by atoms with van der Waals surface area (Å²) in [5.74, 6) is 0.924. The predicted octanol–water partition coefficient (Wildman–Crippen LogP) is 2.01. The fourth-order valence-corrected chi connectivity index (χ4v) is 1.12. The Balaban J connectivity index is 2.77. The minimum Gasteiger partial charge on any atom is -0.501 e. The summed E-state index contributed by atoms with van der Waals surface area (Å²) < 4.78 is 5.11. The topological polar surface area (TPSA) is 33.0 Å². The molecule has 0 aromatic rings. The molecule has 0 aliphatic heterocycles. The Hall–Kier alpha value is -1.23. The first-order chi connectivity index (χ1) is 5.27. The number of ether oxygens (including phenoxy) is 1. The predicted molar refractivity (Wildman–Crippen MR) is 42.6 cm³/mol. The molecule has 1 aliphatic rings. The molecule has 0 bridgehead atoms. The van der Waals surface area contributed by atoms with Crippen LogP contribution in [0.3, 0.4) is 0 Å². The Morgan fingerprint density at radius 2 is 2.45 bits per heavy atom. The van der Waals surface area contributed by atoms with Crippen molar-refractivity contribution in [1.29, 1.82) is 5.26 Å². The van der Waals surface area contributed by atoms with Crippen molar-refractivity contribution in [2.24, 2.45) is 5.92 Å². The van der Waals surface area contributed by atoms with Crippen molar-refractivity contribution in [2.45, 2.75) is 13.3 Å². The Bertz CT molecular complexity index is 245. The second-order valence-corrected chi connectivity index (χ2v) is 2.61. The van der Waals surface area contributed by atoms with E-state index in [0.29, 0.717) is 0 Å². The molecule has 2 heteroatoms. The highest BCUT2D eigenvalue weighted by Crippen LogP contribution is 2.22. The number of rotatable bonds is 1. The monoisotopic (exact) mass is 149 g/mol. The van der Waals surface area contributed by atoms with E-state index in [4.69, 9.17) is 10.00 Å². The van der Waals surface area contributed by atoms with E-state index in [-0.39, 0.29) is 5.92 Å². The third-order valence-corrected chi connectivity index (χ3v) is 1.84. The lowest BCUT2D eigenvalue weighted by Gasteiger charge is -2.14. The lowest BCUT2D eigenvalue weighted by molar-refractivity contribution is 0.267. The number of allylic oxidation sites excluding steroid dienone is 4. The molecule has 2 nitrogen and oxygen atoms in total. The van der Waals surface area contributed by atoms with Crippen LogP contribution in [0.25, 0.3) is 0 Å². The molecular formula is C9H11NO. The van der Waals surface area contributed by atoms with Gasteiger partial charge in [-0.05, 0) is 12.5 Å². The lowest BCUT2D eigenvalue weighted by Crippen LogP contribution is -2.03. The summed E-state index contributed by atoms with van der Waals surface area (Å²) >= 11 is 0. The minimum absolute atomic E-state index is 0.00588. The van der Waals surface area contributed by atoms with Gasteiger partial charge in [0.2, 0.25) is 0 Å². The van der Waals surface area contributed by atoms with Crippen molar-refractivity contribution >= 4 is 0 Å². The Kier molecular flexibility index (Phi) is 2.32. The van der Waals surface area contributed by atoms with Gasteiger partial charge >= 0.3 is 0 Å². The van der Waals surface area contributed by atoms with Crippen molar-refractivity contribution < 1.29 is 4.74 Å². The highest BCUT2D eigenvalue weighted by molar-refractivity contribution is 5.28. The molecule has 1 unspecified atom stereocenters. The molecule has 0 amide bonds. The third kappa shape index (κ3) is 1.62. The zero-order valence-corrected chi connectivity index (χ0v) is 6.79. The van der Waals surface area contributed by atoms with Crippen LogP contribution in [0, 0.1) is 17.2 Å². The van der Waals surface area contributed by atoms with Gasteiger partial charge in [-0.15, -0.1) is 0 Å². The van der Waals surface area contributed by atoms with Crippen LogP contribution < -0.4 is 0 Å². The minimum atomic E-state index is -0.00588. The molecule has 58 valence electrons. The molecule has 0 saturated heterocycles. The van der Waals surface area contributed by atoms with E-state index in [1.807, 2.05) is 19.1 Å². The van der Waals surface area contributed by atoms with Crippen molar-refractivity contribution in [1.82, 2.24) is 0 Å². The molecule has 1 aliphatic carbocycles. The smallest absolute Gasteiger partial charge is 0.100 e. The first kappa shape index (κ1) is 7.87. The average molecular weight is 149 g/mol. The summed E-state index contributed by atoms with van der Waals surface area (Å²) in [5.41, 5.74) is 1.12. The van der Waals surface area contributed by atoms with Gasteiger partial charge in [-0.1, -0.05) is 12.2 Å². The third-order valence-electron chi connectivity index (χ3n) is 1.84. The van der Waals surface area contributed by atoms with Gasteiger partial charge in [-0.25, -0.2) is 0 Å². The van der Waals surface area contributed by atoms with E-state index in [0.717, 1.165) is 17.8 Å².